The van der Waals surface area contributed by atoms with Crippen LogP contribution in [0.5, 0.6) is 0 Å². The molecular formula is C24H33N3O4. The zero-order valence-electron chi connectivity index (χ0n) is 18.8. The topological polar surface area (TPSA) is 87.7 Å². The fourth-order valence-corrected chi connectivity index (χ4v) is 5.10. The minimum atomic E-state index is -1.22. The molecule has 1 aromatic carbocycles. The van der Waals surface area contributed by atoms with Gasteiger partial charge in [0.05, 0.1) is 6.04 Å². The van der Waals surface area contributed by atoms with E-state index in [-0.39, 0.29) is 30.4 Å². The van der Waals surface area contributed by atoms with Crippen LogP contribution in [0, 0.1) is 5.92 Å². The Hall–Kier alpha value is -2.83. The number of benzene rings is 1. The molecule has 1 aromatic rings. The summed E-state index contributed by atoms with van der Waals surface area (Å²) in [5, 5.41) is 5.99. The summed E-state index contributed by atoms with van der Waals surface area (Å²) in [6.07, 6.45) is 3.17. The van der Waals surface area contributed by atoms with E-state index in [0.717, 1.165) is 12.0 Å². The molecule has 3 rings (SSSR count). The third-order valence-electron chi connectivity index (χ3n) is 6.09. The molecule has 31 heavy (non-hydrogen) atoms. The molecule has 0 radical (unpaired) electrons. The first-order chi connectivity index (χ1) is 14.6. The van der Waals surface area contributed by atoms with Gasteiger partial charge in [-0.05, 0) is 45.6 Å². The van der Waals surface area contributed by atoms with Gasteiger partial charge in [-0.1, -0.05) is 36.4 Å². The van der Waals surface area contributed by atoms with E-state index in [1.807, 2.05) is 51.1 Å². The van der Waals surface area contributed by atoms with Crippen LogP contribution in [-0.4, -0.2) is 46.0 Å². The van der Waals surface area contributed by atoms with E-state index in [2.05, 4.69) is 17.2 Å². The average Bonchev–Trinajstić information content (AvgIpc) is 3.22. The van der Waals surface area contributed by atoms with E-state index in [1.54, 1.807) is 11.0 Å². The average molecular weight is 428 g/mol. The summed E-state index contributed by atoms with van der Waals surface area (Å²) >= 11 is 0. The molecule has 0 aliphatic carbocycles. The SMILES string of the molecule is C=CC[C@H]1[C@H]2CCC(N2C(=O)OCc2ccccc2)C1(NC(C)=O)C(=O)NC(C)(C)C. The first kappa shape index (κ1) is 22.8. The van der Waals surface area contributed by atoms with Crippen molar-refractivity contribution < 1.29 is 19.1 Å². The maximum absolute atomic E-state index is 13.6. The molecule has 2 fully saturated rings. The molecule has 0 aromatic heterocycles. The summed E-state index contributed by atoms with van der Waals surface area (Å²) in [6, 6.07) is 8.79. The van der Waals surface area contributed by atoms with E-state index in [4.69, 9.17) is 4.74 Å². The number of nitrogens with zero attached hydrogens (tertiary/aromatic N) is 1. The van der Waals surface area contributed by atoms with Gasteiger partial charge in [0.1, 0.15) is 12.1 Å². The van der Waals surface area contributed by atoms with Gasteiger partial charge in [-0.15, -0.1) is 6.58 Å². The molecule has 2 aliphatic rings. The predicted octanol–water partition coefficient (Wildman–Crippen LogP) is 3.15. The predicted molar refractivity (Wildman–Crippen MR) is 118 cm³/mol. The molecule has 4 atom stereocenters. The number of carbonyl (C=O) groups excluding carboxylic acids is 3. The van der Waals surface area contributed by atoms with Crippen LogP contribution in [0.25, 0.3) is 0 Å². The number of carbonyl (C=O) groups is 3. The van der Waals surface area contributed by atoms with Crippen LogP contribution in [0.15, 0.2) is 43.0 Å². The van der Waals surface area contributed by atoms with Crippen molar-refractivity contribution in [3.05, 3.63) is 48.6 Å². The van der Waals surface area contributed by atoms with Crippen molar-refractivity contribution in [2.24, 2.45) is 5.92 Å². The van der Waals surface area contributed by atoms with Crippen LogP contribution in [0.4, 0.5) is 4.79 Å². The van der Waals surface area contributed by atoms with Gasteiger partial charge >= 0.3 is 6.09 Å². The Kier molecular flexibility index (Phi) is 6.43. The Morgan fingerprint density at radius 2 is 1.90 bits per heavy atom. The number of allylic oxidation sites excluding steroid dienone is 1. The molecule has 2 unspecified atom stereocenters. The highest BCUT2D eigenvalue weighted by Gasteiger charge is 2.68. The lowest BCUT2D eigenvalue weighted by molar-refractivity contribution is -0.137. The second kappa shape index (κ2) is 8.73. The molecule has 7 nitrogen and oxygen atoms in total. The molecule has 0 spiro atoms. The van der Waals surface area contributed by atoms with E-state index in [1.165, 1.54) is 6.92 Å². The largest absolute Gasteiger partial charge is 0.445 e. The minimum Gasteiger partial charge on any atom is -0.445 e. The fraction of sp³-hybridized carbons (Fsp3) is 0.542. The quantitative estimate of drug-likeness (QED) is 0.683. The van der Waals surface area contributed by atoms with Gasteiger partial charge < -0.3 is 15.4 Å². The number of amides is 3. The highest BCUT2D eigenvalue weighted by Crippen LogP contribution is 2.50. The second-order valence-electron chi connectivity index (χ2n) is 9.49. The molecule has 2 saturated heterocycles. The summed E-state index contributed by atoms with van der Waals surface area (Å²) in [7, 11) is 0. The van der Waals surface area contributed by atoms with Crippen molar-refractivity contribution in [3.8, 4) is 0 Å². The summed E-state index contributed by atoms with van der Waals surface area (Å²) in [6.45, 7) is 11.1. The molecule has 2 bridgehead atoms. The van der Waals surface area contributed by atoms with Crippen molar-refractivity contribution in [2.75, 3.05) is 0 Å². The summed E-state index contributed by atoms with van der Waals surface area (Å²) in [5.74, 6) is -0.849. The van der Waals surface area contributed by atoms with Gasteiger partial charge in [0, 0.05) is 24.4 Å². The monoisotopic (exact) mass is 427 g/mol. The third kappa shape index (κ3) is 4.45. The summed E-state index contributed by atoms with van der Waals surface area (Å²) < 4.78 is 5.62. The molecule has 3 amide bonds. The Morgan fingerprint density at radius 1 is 1.23 bits per heavy atom. The van der Waals surface area contributed by atoms with Gasteiger partial charge in [0.15, 0.2) is 0 Å². The molecular weight excluding hydrogens is 394 g/mol. The number of fused-ring (bicyclic) bond motifs is 2. The van der Waals surface area contributed by atoms with E-state index < -0.39 is 23.2 Å². The maximum atomic E-state index is 13.6. The number of ether oxygens (including phenoxy) is 1. The maximum Gasteiger partial charge on any atom is 0.410 e. The Labute approximate surface area is 184 Å². The first-order valence-corrected chi connectivity index (χ1v) is 10.8. The van der Waals surface area contributed by atoms with Gasteiger partial charge in [-0.25, -0.2) is 4.79 Å². The van der Waals surface area contributed by atoms with E-state index in [9.17, 15) is 14.4 Å². The number of hydrogen-bond acceptors (Lipinski definition) is 4. The fourth-order valence-electron chi connectivity index (χ4n) is 5.10. The van der Waals surface area contributed by atoms with Crippen LogP contribution in [0.3, 0.4) is 0 Å². The number of nitrogens with one attached hydrogen (secondary N) is 2. The van der Waals surface area contributed by atoms with Crippen molar-refractivity contribution in [3.63, 3.8) is 0 Å². The number of rotatable bonds is 6. The highest BCUT2D eigenvalue weighted by molar-refractivity contribution is 5.94. The zero-order chi connectivity index (χ0) is 22.8. The van der Waals surface area contributed by atoms with Crippen LogP contribution in [0.2, 0.25) is 0 Å². The molecule has 0 saturated carbocycles. The van der Waals surface area contributed by atoms with Crippen LogP contribution >= 0.6 is 0 Å². The van der Waals surface area contributed by atoms with Gasteiger partial charge in [-0.2, -0.15) is 0 Å². The zero-order valence-corrected chi connectivity index (χ0v) is 18.8. The number of hydrogen-bond donors (Lipinski definition) is 2. The first-order valence-electron chi connectivity index (χ1n) is 10.8. The Bertz CT molecular complexity index is 848. The lowest BCUT2D eigenvalue weighted by Crippen LogP contribution is -2.70. The molecule has 2 heterocycles. The van der Waals surface area contributed by atoms with Gasteiger partial charge in [-0.3, -0.25) is 14.5 Å². The van der Waals surface area contributed by atoms with E-state index in [0.29, 0.717) is 12.8 Å². The molecule has 2 N–H and O–H groups in total. The van der Waals surface area contributed by atoms with Crippen molar-refractivity contribution in [1.29, 1.82) is 0 Å². The van der Waals surface area contributed by atoms with E-state index >= 15 is 0 Å². The normalized spacial score (nSPS) is 27.0. The van der Waals surface area contributed by atoms with Gasteiger partial charge in [0.25, 0.3) is 0 Å². The van der Waals surface area contributed by atoms with Crippen LogP contribution in [0.1, 0.15) is 52.5 Å². The van der Waals surface area contributed by atoms with Crippen molar-refractivity contribution >= 4 is 17.9 Å². The van der Waals surface area contributed by atoms with Crippen LogP contribution in [-0.2, 0) is 20.9 Å². The van der Waals surface area contributed by atoms with Crippen molar-refractivity contribution in [1.82, 2.24) is 15.5 Å². The van der Waals surface area contributed by atoms with Crippen LogP contribution < -0.4 is 10.6 Å². The molecule has 168 valence electrons. The smallest absolute Gasteiger partial charge is 0.410 e. The Morgan fingerprint density at radius 3 is 2.48 bits per heavy atom. The lowest BCUT2D eigenvalue weighted by Gasteiger charge is -2.42. The summed E-state index contributed by atoms with van der Waals surface area (Å²) in [4.78, 5) is 40.7. The second-order valence-corrected chi connectivity index (χ2v) is 9.49. The molecule has 7 heteroatoms. The standard InChI is InChI=1S/C24H33N3O4/c1-6-10-18-19-13-14-20(24(18,25-16(2)28)21(29)26-23(3,4)5)27(19)22(30)31-15-17-11-8-7-9-12-17/h6-9,11-12,18-20H,1,10,13-15H2,2-5H3,(H,25,28)(H,26,29)/t18-,19+,20?,24?/m0/s1. The van der Waals surface area contributed by atoms with Gasteiger partial charge in [0.2, 0.25) is 11.8 Å². The highest BCUT2D eigenvalue weighted by atomic mass is 16.6. The van der Waals surface area contributed by atoms with Crippen molar-refractivity contribution in [2.45, 2.75) is 76.7 Å². The Balaban J connectivity index is 1.93. The molecule has 2 aliphatic heterocycles. The minimum absolute atomic E-state index is 0.156. The summed E-state index contributed by atoms with van der Waals surface area (Å²) in [5.41, 5.74) is -0.812. The lowest BCUT2D eigenvalue weighted by atomic mass is 9.70. The third-order valence-corrected chi connectivity index (χ3v) is 6.09.